The zero-order valence-corrected chi connectivity index (χ0v) is 11.6. The molecular formula is C14H18N4O2. The second-order valence-electron chi connectivity index (χ2n) is 5.33. The van der Waals surface area contributed by atoms with Gasteiger partial charge in [-0.1, -0.05) is 19.9 Å². The van der Waals surface area contributed by atoms with E-state index in [1.807, 2.05) is 16.7 Å². The lowest BCUT2D eigenvalue weighted by Crippen LogP contribution is -2.52. The SMILES string of the molecule is CC(C)c1cccn2c(N3CCC(O)NC3=O)cnc12. The molecule has 1 saturated heterocycles. The third-order valence-corrected chi connectivity index (χ3v) is 3.61. The Bertz CT molecular complexity index is 650. The Balaban J connectivity index is 2.05. The van der Waals surface area contributed by atoms with Crippen LogP contribution in [0.1, 0.15) is 31.7 Å². The van der Waals surface area contributed by atoms with Gasteiger partial charge in [-0.15, -0.1) is 0 Å². The van der Waals surface area contributed by atoms with Gasteiger partial charge in [0, 0.05) is 19.2 Å². The van der Waals surface area contributed by atoms with Crippen molar-refractivity contribution in [2.75, 3.05) is 11.4 Å². The molecule has 3 heterocycles. The number of imidazole rings is 1. The molecule has 0 bridgehead atoms. The molecule has 1 fully saturated rings. The van der Waals surface area contributed by atoms with Gasteiger partial charge in [-0.25, -0.2) is 9.78 Å². The van der Waals surface area contributed by atoms with Gasteiger partial charge in [-0.05, 0) is 17.5 Å². The number of nitrogens with zero attached hydrogens (tertiary/aromatic N) is 3. The maximum atomic E-state index is 12.0. The van der Waals surface area contributed by atoms with Gasteiger partial charge < -0.3 is 10.4 Å². The molecule has 0 aromatic carbocycles. The van der Waals surface area contributed by atoms with Gasteiger partial charge in [0.25, 0.3) is 0 Å². The van der Waals surface area contributed by atoms with Crippen molar-refractivity contribution in [2.24, 2.45) is 0 Å². The Kier molecular flexibility index (Phi) is 3.10. The first-order valence-electron chi connectivity index (χ1n) is 6.80. The molecule has 0 spiro atoms. The van der Waals surface area contributed by atoms with E-state index in [9.17, 15) is 9.90 Å². The monoisotopic (exact) mass is 274 g/mol. The number of aliphatic hydroxyl groups excluding tert-OH is 1. The van der Waals surface area contributed by atoms with Crippen molar-refractivity contribution < 1.29 is 9.90 Å². The molecular weight excluding hydrogens is 256 g/mol. The van der Waals surface area contributed by atoms with Crippen LogP contribution in [0.3, 0.4) is 0 Å². The van der Waals surface area contributed by atoms with Crippen LogP contribution in [-0.4, -0.2) is 33.3 Å². The third kappa shape index (κ3) is 2.02. The summed E-state index contributed by atoms with van der Waals surface area (Å²) < 4.78 is 1.92. The second kappa shape index (κ2) is 4.79. The van der Waals surface area contributed by atoms with Gasteiger partial charge in [0.15, 0.2) is 0 Å². The van der Waals surface area contributed by atoms with Gasteiger partial charge >= 0.3 is 6.03 Å². The number of aromatic nitrogens is 2. The van der Waals surface area contributed by atoms with E-state index in [1.165, 1.54) is 0 Å². The molecule has 0 radical (unpaired) electrons. The maximum Gasteiger partial charge on any atom is 0.325 e. The Labute approximate surface area is 117 Å². The molecule has 1 atom stereocenters. The normalized spacial score (nSPS) is 19.7. The minimum atomic E-state index is -0.760. The summed E-state index contributed by atoms with van der Waals surface area (Å²) in [4.78, 5) is 18.0. The highest BCUT2D eigenvalue weighted by Gasteiger charge is 2.26. The fraction of sp³-hybridized carbons (Fsp3) is 0.429. The predicted octanol–water partition coefficient (Wildman–Crippen LogP) is 1.70. The molecule has 2 N–H and O–H groups in total. The lowest BCUT2D eigenvalue weighted by molar-refractivity contribution is 0.125. The molecule has 2 amide bonds. The first-order chi connectivity index (χ1) is 9.58. The van der Waals surface area contributed by atoms with E-state index < -0.39 is 6.23 Å². The molecule has 1 aliphatic rings. The average molecular weight is 274 g/mol. The van der Waals surface area contributed by atoms with E-state index in [-0.39, 0.29) is 6.03 Å². The van der Waals surface area contributed by atoms with Crippen molar-refractivity contribution >= 4 is 17.5 Å². The molecule has 1 aliphatic heterocycles. The first-order valence-corrected chi connectivity index (χ1v) is 6.80. The largest absolute Gasteiger partial charge is 0.374 e. The Morgan fingerprint density at radius 3 is 3.00 bits per heavy atom. The van der Waals surface area contributed by atoms with E-state index in [0.717, 1.165) is 17.0 Å². The number of urea groups is 1. The van der Waals surface area contributed by atoms with E-state index in [2.05, 4.69) is 30.2 Å². The summed E-state index contributed by atoms with van der Waals surface area (Å²) in [5, 5.41) is 12.0. The van der Waals surface area contributed by atoms with E-state index in [0.29, 0.717) is 18.9 Å². The molecule has 0 saturated carbocycles. The number of rotatable bonds is 2. The van der Waals surface area contributed by atoms with Crippen LogP contribution in [0, 0.1) is 0 Å². The molecule has 20 heavy (non-hydrogen) atoms. The number of aliphatic hydroxyl groups is 1. The van der Waals surface area contributed by atoms with Crippen LogP contribution in [0.15, 0.2) is 24.5 Å². The smallest absolute Gasteiger partial charge is 0.325 e. The van der Waals surface area contributed by atoms with Crippen LogP contribution in [0.25, 0.3) is 5.65 Å². The van der Waals surface area contributed by atoms with Crippen molar-refractivity contribution in [1.29, 1.82) is 0 Å². The maximum absolute atomic E-state index is 12.0. The number of hydrogen-bond donors (Lipinski definition) is 2. The predicted molar refractivity (Wildman–Crippen MR) is 75.8 cm³/mol. The highest BCUT2D eigenvalue weighted by molar-refractivity contribution is 5.92. The Morgan fingerprint density at radius 1 is 1.50 bits per heavy atom. The molecule has 1 unspecified atom stereocenters. The number of nitrogens with one attached hydrogen (secondary N) is 1. The quantitative estimate of drug-likeness (QED) is 0.875. The third-order valence-electron chi connectivity index (χ3n) is 3.61. The number of carbonyl (C=O) groups is 1. The topological polar surface area (TPSA) is 69.9 Å². The van der Waals surface area contributed by atoms with E-state index in [4.69, 9.17) is 0 Å². The molecule has 106 valence electrons. The average Bonchev–Trinajstić information content (AvgIpc) is 2.82. The van der Waals surface area contributed by atoms with Gasteiger partial charge in [-0.3, -0.25) is 9.30 Å². The summed E-state index contributed by atoms with van der Waals surface area (Å²) in [6, 6.07) is 3.72. The number of hydrogen-bond acceptors (Lipinski definition) is 3. The van der Waals surface area contributed by atoms with Gasteiger partial charge in [-0.2, -0.15) is 0 Å². The Hall–Kier alpha value is -2.08. The highest BCUT2D eigenvalue weighted by Crippen LogP contribution is 2.25. The van der Waals surface area contributed by atoms with Crippen molar-refractivity contribution in [1.82, 2.24) is 14.7 Å². The second-order valence-corrected chi connectivity index (χ2v) is 5.33. The lowest BCUT2D eigenvalue weighted by atomic mass is 10.1. The minimum absolute atomic E-state index is 0.291. The standard InChI is InChI=1S/C14H18N4O2/c1-9(2)10-4-3-6-17-12(8-15-13(10)17)18-7-5-11(19)16-14(18)20/h3-4,6,8-9,11,19H,5,7H2,1-2H3,(H,16,20). The number of anilines is 1. The van der Waals surface area contributed by atoms with Gasteiger partial charge in [0.2, 0.25) is 0 Å². The summed E-state index contributed by atoms with van der Waals surface area (Å²) in [7, 11) is 0. The molecule has 6 heteroatoms. The number of carbonyl (C=O) groups excluding carboxylic acids is 1. The molecule has 3 rings (SSSR count). The molecule has 2 aromatic rings. The first kappa shape index (κ1) is 12.9. The summed E-state index contributed by atoms with van der Waals surface area (Å²) in [5.74, 6) is 1.10. The van der Waals surface area contributed by atoms with Crippen molar-refractivity contribution in [2.45, 2.75) is 32.4 Å². The van der Waals surface area contributed by atoms with Gasteiger partial charge in [0.05, 0.1) is 6.20 Å². The fourth-order valence-corrected chi connectivity index (χ4v) is 2.53. The highest BCUT2D eigenvalue weighted by atomic mass is 16.3. The van der Waals surface area contributed by atoms with Crippen LogP contribution in [0.2, 0.25) is 0 Å². The summed E-state index contributed by atoms with van der Waals surface area (Å²) in [6.07, 6.45) is 3.35. The minimum Gasteiger partial charge on any atom is -0.374 e. The number of amides is 2. The molecule has 0 aliphatic carbocycles. The number of fused-ring (bicyclic) bond motifs is 1. The fourth-order valence-electron chi connectivity index (χ4n) is 2.53. The van der Waals surface area contributed by atoms with Crippen LogP contribution in [0.5, 0.6) is 0 Å². The van der Waals surface area contributed by atoms with Gasteiger partial charge in [0.1, 0.15) is 17.7 Å². The Morgan fingerprint density at radius 2 is 2.30 bits per heavy atom. The summed E-state index contributed by atoms with van der Waals surface area (Å²) in [6.45, 7) is 4.72. The van der Waals surface area contributed by atoms with Crippen molar-refractivity contribution in [3.8, 4) is 0 Å². The van der Waals surface area contributed by atoms with E-state index >= 15 is 0 Å². The van der Waals surface area contributed by atoms with Crippen LogP contribution >= 0.6 is 0 Å². The zero-order valence-electron chi connectivity index (χ0n) is 11.6. The number of pyridine rings is 1. The summed E-state index contributed by atoms with van der Waals surface area (Å²) in [5.41, 5.74) is 2.02. The van der Waals surface area contributed by atoms with Crippen LogP contribution in [0.4, 0.5) is 10.6 Å². The summed E-state index contributed by atoms with van der Waals surface area (Å²) >= 11 is 0. The molecule has 6 nitrogen and oxygen atoms in total. The van der Waals surface area contributed by atoms with Crippen molar-refractivity contribution in [3.05, 3.63) is 30.1 Å². The van der Waals surface area contributed by atoms with Crippen LogP contribution in [-0.2, 0) is 0 Å². The van der Waals surface area contributed by atoms with Crippen molar-refractivity contribution in [3.63, 3.8) is 0 Å². The molecule has 2 aromatic heterocycles. The zero-order chi connectivity index (χ0) is 14.3. The lowest BCUT2D eigenvalue weighted by Gasteiger charge is -2.29. The van der Waals surface area contributed by atoms with E-state index in [1.54, 1.807) is 11.1 Å². The van der Waals surface area contributed by atoms with Crippen LogP contribution < -0.4 is 10.2 Å².